The lowest BCUT2D eigenvalue weighted by molar-refractivity contribution is -0.144. The molecule has 2 fully saturated rings. The van der Waals surface area contributed by atoms with Gasteiger partial charge in [-0.1, -0.05) is 72.8 Å². The molecule has 7 nitrogen and oxygen atoms in total. The van der Waals surface area contributed by atoms with Crippen molar-refractivity contribution in [1.82, 2.24) is 15.5 Å². The molecule has 44 heavy (non-hydrogen) atoms. The van der Waals surface area contributed by atoms with Crippen molar-refractivity contribution in [2.45, 2.75) is 68.7 Å². The van der Waals surface area contributed by atoms with E-state index in [2.05, 4.69) is 34.9 Å². The molecule has 2 aliphatic rings. The predicted molar refractivity (Wildman–Crippen MR) is 182 cm³/mol. The maximum absolute atomic E-state index is 14.4. The number of amides is 3. The van der Waals surface area contributed by atoms with E-state index >= 15 is 0 Å². The normalized spacial score (nSPS) is 23.9. The molecule has 0 bridgehead atoms. The zero-order valence-electron chi connectivity index (χ0n) is 25.7. The molecule has 9 heteroatoms. The third-order valence-electron chi connectivity index (χ3n) is 9.27. The maximum Gasteiger partial charge on any atom is 0.245 e. The zero-order valence-corrected chi connectivity index (χ0v) is 27.4. The van der Waals surface area contributed by atoms with Gasteiger partial charge in [0.2, 0.25) is 17.7 Å². The molecule has 3 aromatic carbocycles. The smallest absolute Gasteiger partial charge is 0.245 e. The fraction of sp³-hybridized carbons (Fsp3) is 0.457. The summed E-state index contributed by atoms with van der Waals surface area (Å²) in [6, 6.07) is 23.6. The number of piperidine rings is 1. The average Bonchev–Trinajstić information content (AvgIpc) is 3.43. The third-order valence-corrected chi connectivity index (χ3v) is 10.6. The van der Waals surface area contributed by atoms with E-state index in [0.717, 1.165) is 34.7 Å². The largest absolute Gasteiger partial charge is 0.356 e. The van der Waals surface area contributed by atoms with Crippen LogP contribution in [0.2, 0.25) is 0 Å². The number of nitrogens with zero attached hydrogens (tertiary/aromatic N) is 1. The second-order valence-electron chi connectivity index (χ2n) is 12.3. The number of rotatable bonds is 10. The molecule has 236 valence electrons. The van der Waals surface area contributed by atoms with Crippen molar-refractivity contribution in [3.8, 4) is 0 Å². The Morgan fingerprint density at radius 1 is 0.977 bits per heavy atom. The minimum absolute atomic E-state index is 0. The van der Waals surface area contributed by atoms with Crippen LogP contribution in [0, 0.1) is 5.41 Å². The van der Waals surface area contributed by atoms with Gasteiger partial charge in [-0.3, -0.25) is 14.4 Å². The van der Waals surface area contributed by atoms with Crippen molar-refractivity contribution >= 4 is 52.7 Å². The SMILES string of the molecule is CCNC(=O)[C@]1(Cc2ccccc2)CCCN(C(=O)C(Cc2ccc3ccccc3c2)NC(=O)C2(SC)CCC(N)C2)C1.Cl. The summed E-state index contributed by atoms with van der Waals surface area (Å²) < 4.78 is -0.638. The lowest BCUT2D eigenvalue weighted by atomic mass is 9.74. The molecular weight excluding hydrogens is 592 g/mol. The number of likely N-dealkylation sites (tertiary alicyclic amines) is 1. The van der Waals surface area contributed by atoms with Gasteiger partial charge in [0.05, 0.1) is 10.2 Å². The van der Waals surface area contributed by atoms with Gasteiger partial charge in [-0.15, -0.1) is 24.2 Å². The first-order valence-corrected chi connectivity index (χ1v) is 16.7. The van der Waals surface area contributed by atoms with Gasteiger partial charge in [-0.25, -0.2) is 0 Å². The van der Waals surface area contributed by atoms with Crippen molar-refractivity contribution in [3.63, 3.8) is 0 Å². The Hall–Kier alpha value is -3.07. The Kier molecular flexibility index (Phi) is 11.4. The number of thioether (sulfide) groups is 1. The van der Waals surface area contributed by atoms with Crippen LogP contribution in [0.25, 0.3) is 10.8 Å². The molecule has 0 aromatic heterocycles. The summed E-state index contributed by atoms with van der Waals surface area (Å²) in [5.74, 6) is -0.280. The summed E-state index contributed by atoms with van der Waals surface area (Å²) in [7, 11) is 0. The van der Waals surface area contributed by atoms with Gasteiger partial charge in [-0.2, -0.15) is 0 Å². The number of carbonyl (C=O) groups excluding carboxylic acids is 3. The summed E-state index contributed by atoms with van der Waals surface area (Å²) in [5.41, 5.74) is 7.57. The van der Waals surface area contributed by atoms with Crippen LogP contribution in [-0.2, 0) is 27.2 Å². The molecule has 0 radical (unpaired) electrons. The molecular formula is C35H45ClN4O3S. The van der Waals surface area contributed by atoms with Crippen LogP contribution in [0.5, 0.6) is 0 Å². The van der Waals surface area contributed by atoms with E-state index in [-0.39, 0.29) is 36.2 Å². The quantitative estimate of drug-likeness (QED) is 0.294. The minimum Gasteiger partial charge on any atom is -0.356 e. The van der Waals surface area contributed by atoms with Gasteiger partial charge in [-0.05, 0) is 73.6 Å². The third kappa shape index (κ3) is 7.41. The predicted octanol–water partition coefficient (Wildman–Crippen LogP) is 4.89. The average molecular weight is 637 g/mol. The maximum atomic E-state index is 14.4. The highest BCUT2D eigenvalue weighted by molar-refractivity contribution is 8.00. The highest BCUT2D eigenvalue weighted by atomic mass is 35.5. The van der Waals surface area contributed by atoms with Crippen molar-refractivity contribution in [2.75, 3.05) is 25.9 Å². The summed E-state index contributed by atoms with van der Waals surface area (Å²) in [5, 5.41) is 8.46. The van der Waals surface area contributed by atoms with Gasteiger partial charge in [0.1, 0.15) is 6.04 Å². The Morgan fingerprint density at radius 3 is 2.39 bits per heavy atom. The van der Waals surface area contributed by atoms with Gasteiger partial charge in [0.15, 0.2) is 0 Å². The molecule has 3 amide bonds. The summed E-state index contributed by atoms with van der Waals surface area (Å²) in [6.45, 7) is 3.32. The summed E-state index contributed by atoms with van der Waals surface area (Å²) in [6.07, 6.45) is 6.37. The molecule has 0 spiro atoms. The van der Waals surface area contributed by atoms with Crippen molar-refractivity contribution in [2.24, 2.45) is 11.1 Å². The van der Waals surface area contributed by atoms with Gasteiger partial charge < -0.3 is 21.3 Å². The van der Waals surface area contributed by atoms with E-state index < -0.39 is 16.2 Å². The molecule has 5 rings (SSSR count). The standard InChI is InChI=1S/C35H44N4O3S.ClH/c1-3-37-32(41)34(22-25-10-5-4-6-11-25)17-9-19-39(24-34)31(40)30(38-33(42)35(43-2)18-16-29(36)23-35)21-26-14-15-27-12-7-8-13-28(27)20-26;/h4-8,10-15,20,29-30H,3,9,16-19,21-24,36H2,1-2H3,(H,37,41)(H,38,42);1H/t29?,30?,34-,35?;/m0./s1. The molecule has 1 saturated heterocycles. The van der Waals surface area contributed by atoms with Crippen molar-refractivity contribution in [3.05, 3.63) is 83.9 Å². The molecule has 1 heterocycles. The zero-order chi connectivity index (χ0) is 30.5. The number of benzene rings is 3. The van der Waals surface area contributed by atoms with Crippen LogP contribution in [0.4, 0.5) is 0 Å². The first-order chi connectivity index (χ1) is 20.8. The molecule has 3 unspecified atom stereocenters. The summed E-state index contributed by atoms with van der Waals surface area (Å²) >= 11 is 1.53. The number of hydrogen-bond acceptors (Lipinski definition) is 5. The topological polar surface area (TPSA) is 105 Å². The lowest BCUT2D eigenvalue weighted by Gasteiger charge is -2.43. The van der Waals surface area contributed by atoms with Crippen molar-refractivity contribution in [1.29, 1.82) is 0 Å². The van der Waals surface area contributed by atoms with Crippen LogP contribution in [0.15, 0.2) is 72.8 Å². The molecule has 1 aliphatic carbocycles. The van der Waals surface area contributed by atoms with Crippen LogP contribution in [0.1, 0.15) is 50.2 Å². The monoisotopic (exact) mass is 636 g/mol. The van der Waals surface area contributed by atoms with Crippen LogP contribution < -0.4 is 16.4 Å². The van der Waals surface area contributed by atoms with Gasteiger partial charge in [0.25, 0.3) is 0 Å². The molecule has 1 saturated carbocycles. The van der Waals surface area contributed by atoms with E-state index in [1.54, 1.807) is 0 Å². The lowest BCUT2D eigenvalue weighted by Crippen LogP contribution is -2.59. The highest BCUT2D eigenvalue weighted by Crippen LogP contribution is 2.40. The van der Waals surface area contributed by atoms with E-state index in [1.807, 2.05) is 66.6 Å². The minimum atomic E-state index is -0.753. The van der Waals surface area contributed by atoms with Crippen LogP contribution in [-0.4, -0.2) is 65.3 Å². The van der Waals surface area contributed by atoms with E-state index in [1.165, 1.54) is 11.8 Å². The fourth-order valence-electron chi connectivity index (χ4n) is 6.91. The summed E-state index contributed by atoms with van der Waals surface area (Å²) in [4.78, 5) is 43.8. The van der Waals surface area contributed by atoms with Crippen molar-refractivity contribution < 1.29 is 14.4 Å². The number of hydrogen-bond donors (Lipinski definition) is 3. The molecule has 4 N–H and O–H groups in total. The fourth-order valence-corrected chi connectivity index (χ4v) is 7.85. The first kappa shape index (κ1) is 33.8. The van der Waals surface area contributed by atoms with Gasteiger partial charge >= 0.3 is 0 Å². The van der Waals surface area contributed by atoms with E-state index in [0.29, 0.717) is 51.7 Å². The number of halogens is 1. The second kappa shape index (κ2) is 14.8. The van der Waals surface area contributed by atoms with E-state index in [9.17, 15) is 14.4 Å². The molecule has 4 atom stereocenters. The van der Waals surface area contributed by atoms with Crippen LogP contribution >= 0.6 is 24.2 Å². The number of carbonyl (C=O) groups is 3. The number of fused-ring (bicyclic) bond motifs is 1. The Morgan fingerprint density at radius 2 is 1.70 bits per heavy atom. The number of nitrogens with one attached hydrogen (secondary N) is 2. The van der Waals surface area contributed by atoms with Gasteiger partial charge in [0, 0.05) is 32.1 Å². The Balaban J connectivity index is 0.00000442. The first-order valence-electron chi connectivity index (χ1n) is 15.5. The Bertz CT molecular complexity index is 1460. The second-order valence-corrected chi connectivity index (χ2v) is 13.5. The molecule has 3 aromatic rings. The van der Waals surface area contributed by atoms with E-state index in [4.69, 9.17) is 5.73 Å². The number of nitrogens with two attached hydrogens (primary N) is 1. The highest BCUT2D eigenvalue weighted by Gasteiger charge is 2.47. The van der Waals surface area contributed by atoms with Crippen LogP contribution in [0.3, 0.4) is 0 Å². The molecule has 1 aliphatic heterocycles. The Labute approximate surface area is 271 Å².